The molecule has 3 rings (SSSR count). The first-order valence-electron chi connectivity index (χ1n) is 8.68. The zero-order chi connectivity index (χ0) is 19.0. The predicted molar refractivity (Wildman–Crippen MR) is 90.4 cm³/mol. The van der Waals surface area contributed by atoms with Crippen LogP contribution in [-0.2, 0) is 14.3 Å². The molecule has 9 nitrogen and oxygen atoms in total. The third kappa shape index (κ3) is 2.96. The molecule has 3 heterocycles. The van der Waals surface area contributed by atoms with Crippen molar-refractivity contribution in [1.82, 2.24) is 19.9 Å². The lowest BCUT2D eigenvalue weighted by Crippen LogP contribution is -2.70. The molecule has 0 N–H and O–H groups in total. The molecule has 1 aromatic heterocycles. The smallest absolute Gasteiger partial charge is 0.260 e. The number of hydrogen-bond acceptors (Lipinski definition) is 6. The Bertz CT molecular complexity index is 711. The third-order valence-corrected chi connectivity index (χ3v) is 5.13. The Morgan fingerprint density at radius 3 is 2.62 bits per heavy atom. The summed E-state index contributed by atoms with van der Waals surface area (Å²) in [6.07, 6.45) is 0. The van der Waals surface area contributed by atoms with Gasteiger partial charge in [0.05, 0.1) is 18.8 Å². The van der Waals surface area contributed by atoms with Gasteiger partial charge in [-0.1, -0.05) is 5.16 Å². The second-order valence-electron chi connectivity index (χ2n) is 6.70. The zero-order valence-corrected chi connectivity index (χ0v) is 15.5. The summed E-state index contributed by atoms with van der Waals surface area (Å²) in [5.41, 5.74) is 0.837. The van der Waals surface area contributed by atoms with Crippen molar-refractivity contribution in [2.75, 3.05) is 39.9 Å². The maximum Gasteiger partial charge on any atom is 0.260 e. The minimum Gasteiger partial charge on any atom is -0.383 e. The minimum atomic E-state index is -0.659. The lowest BCUT2D eigenvalue weighted by atomic mass is 10.0. The van der Waals surface area contributed by atoms with Crippen LogP contribution in [0.2, 0.25) is 0 Å². The third-order valence-electron chi connectivity index (χ3n) is 5.13. The van der Waals surface area contributed by atoms with Gasteiger partial charge < -0.3 is 24.0 Å². The molecule has 142 valence electrons. The van der Waals surface area contributed by atoms with Crippen molar-refractivity contribution < 1.29 is 23.6 Å². The van der Waals surface area contributed by atoms with Crippen molar-refractivity contribution in [2.45, 2.75) is 32.9 Å². The van der Waals surface area contributed by atoms with Crippen LogP contribution >= 0.6 is 0 Å². The molecule has 9 heteroatoms. The SMILES string of the molecule is COCCN1CCN2C(=O)[C@H](C)N(C(=O)c3c(C)noc3C)C[C@H]2C1=O. The maximum absolute atomic E-state index is 13.0. The summed E-state index contributed by atoms with van der Waals surface area (Å²) in [5.74, 6) is -0.277. The molecule has 0 bridgehead atoms. The van der Waals surface area contributed by atoms with E-state index in [1.54, 1.807) is 37.7 Å². The molecule has 26 heavy (non-hydrogen) atoms. The Morgan fingerprint density at radius 1 is 1.27 bits per heavy atom. The van der Waals surface area contributed by atoms with E-state index < -0.39 is 12.1 Å². The highest BCUT2D eigenvalue weighted by molar-refractivity contribution is 6.01. The van der Waals surface area contributed by atoms with E-state index in [2.05, 4.69) is 5.16 Å². The van der Waals surface area contributed by atoms with Gasteiger partial charge in [-0.2, -0.15) is 0 Å². The lowest BCUT2D eigenvalue weighted by molar-refractivity contribution is -0.160. The van der Waals surface area contributed by atoms with Crippen LogP contribution in [0.15, 0.2) is 4.52 Å². The summed E-state index contributed by atoms with van der Waals surface area (Å²) in [6, 6.07) is -1.29. The van der Waals surface area contributed by atoms with Crippen LogP contribution in [0.25, 0.3) is 0 Å². The van der Waals surface area contributed by atoms with E-state index >= 15 is 0 Å². The molecule has 0 radical (unpaired) electrons. The van der Waals surface area contributed by atoms with E-state index in [-0.39, 0.29) is 24.3 Å². The van der Waals surface area contributed by atoms with Gasteiger partial charge in [-0.15, -0.1) is 0 Å². The van der Waals surface area contributed by atoms with Crippen LogP contribution in [0.4, 0.5) is 0 Å². The molecule has 0 unspecified atom stereocenters. The summed E-state index contributed by atoms with van der Waals surface area (Å²) >= 11 is 0. The first kappa shape index (κ1) is 18.4. The highest BCUT2D eigenvalue weighted by Crippen LogP contribution is 2.25. The molecule has 1 aromatic rings. The molecule has 2 saturated heterocycles. The Hall–Kier alpha value is -2.42. The number of piperazine rings is 2. The van der Waals surface area contributed by atoms with Gasteiger partial charge in [-0.3, -0.25) is 14.4 Å². The van der Waals surface area contributed by atoms with E-state index in [1.165, 1.54) is 4.90 Å². The number of hydrogen-bond donors (Lipinski definition) is 0. The topological polar surface area (TPSA) is 96.2 Å². The molecule has 0 saturated carbocycles. The number of aryl methyl sites for hydroxylation is 2. The minimum absolute atomic E-state index is 0.148. The van der Waals surface area contributed by atoms with Crippen LogP contribution in [0.5, 0.6) is 0 Å². The number of nitrogens with zero attached hydrogens (tertiary/aromatic N) is 4. The number of ether oxygens (including phenoxy) is 1. The van der Waals surface area contributed by atoms with E-state index in [0.717, 1.165) is 0 Å². The predicted octanol–water partition coefficient (Wildman–Crippen LogP) is -0.178. The van der Waals surface area contributed by atoms with Gasteiger partial charge in [-0.05, 0) is 20.8 Å². The standard InChI is InChI=1S/C17H24N4O5/c1-10-14(12(3)26-18-10)17(24)21-9-13-16(23)19(7-8-25-4)5-6-20(13)15(22)11(21)2/h11,13H,5-9H2,1-4H3/t11-,13-/m0/s1. The number of carbonyl (C=O) groups excluding carboxylic acids is 3. The Kier molecular flexibility index (Phi) is 4.99. The molecular formula is C17H24N4O5. The number of amides is 3. The van der Waals surface area contributed by atoms with Crippen LogP contribution in [0, 0.1) is 13.8 Å². The number of fused-ring (bicyclic) bond motifs is 1. The summed E-state index contributed by atoms with van der Waals surface area (Å²) in [7, 11) is 1.58. The summed E-state index contributed by atoms with van der Waals surface area (Å²) in [6.45, 7) is 7.06. The molecular weight excluding hydrogens is 340 g/mol. The van der Waals surface area contributed by atoms with Crippen molar-refractivity contribution >= 4 is 17.7 Å². The van der Waals surface area contributed by atoms with Gasteiger partial charge in [0.15, 0.2) is 0 Å². The second kappa shape index (κ2) is 7.06. The van der Waals surface area contributed by atoms with Crippen molar-refractivity contribution in [3.8, 4) is 0 Å². The first-order chi connectivity index (χ1) is 12.4. The van der Waals surface area contributed by atoms with Crippen molar-refractivity contribution in [1.29, 1.82) is 0 Å². The monoisotopic (exact) mass is 364 g/mol. The summed E-state index contributed by atoms with van der Waals surface area (Å²) in [5, 5.41) is 3.81. The molecule has 2 aliphatic rings. The Balaban J connectivity index is 1.84. The molecule has 2 aliphatic heterocycles. The van der Waals surface area contributed by atoms with Crippen LogP contribution in [0.1, 0.15) is 28.7 Å². The van der Waals surface area contributed by atoms with Gasteiger partial charge in [-0.25, -0.2) is 0 Å². The van der Waals surface area contributed by atoms with E-state index in [9.17, 15) is 14.4 Å². The molecule has 2 atom stereocenters. The maximum atomic E-state index is 13.0. The average Bonchev–Trinajstić information content (AvgIpc) is 2.95. The number of rotatable bonds is 4. The number of carbonyl (C=O) groups is 3. The fraction of sp³-hybridized carbons (Fsp3) is 0.647. The molecule has 0 spiro atoms. The van der Waals surface area contributed by atoms with Crippen molar-refractivity contribution in [3.05, 3.63) is 17.0 Å². The van der Waals surface area contributed by atoms with E-state index in [1.807, 2.05) is 0 Å². The van der Waals surface area contributed by atoms with Crippen LogP contribution in [-0.4, -0.2) is 89.6 Å². The number of aromatic nitrogens is 1. The van der Waals surface area contributed by atoms with Gasteiger partial charge >= 0.3 is 0 Å². The van der Waals surface area contributed by atoms with Crippen LogP contribution in [0.3, 0.4) is 0 Å². The van der Waals surface area contributed by atoms with Crippen molar-refractivity contribution in [3.63, 3.8) is 0 Å². The zero-order valence-electron chi connectivity index (χ0n) is 15.5. The fourth-order valence-corrected chi connectivity index (χ4v) is 3.61. The molecule has 0 aromatic carbocycles. The van der Waals surface area contributed by atoms with E-state index in [0.29, 0.717) is 43.3 Å². The molecule has 2 fully saturated rings. The first-order valence-corrected chi connectivity index (χ1v) is 8.68. The van der Waals surface area contributed by atoms with E-state index in [4.69, 9.17) is 9.26 Å². The molecule has 0 aliphatic carbocycles. The Morgan fingerprint density at radius 2 is 2.00 bits per heavy atom. The highest BCUT2D eigenvalue weighted by atomic mass is 16.5. The summed E-state index contributed by atoms with van der Waals surface area (Å²) < 4.78 is 10.1. The summed E-state index contributed by atoms with van der Waals surface area (Å²) in [4.78, 5) is 43.3. The fourth-order valence-electron chi connectivity index (χ4n) is 3.61. The largest absolute Gasteiger partial charge is 0.383 e. The average molecular weight is 364 g/mol. The van der Waals surface area contributed by atoms with Gasteiger partial charge in [0, 0.05) is 26.7 Å². The number of methoxy groups -OCH3 is 1. The second-order valence-corrected chi connectivity index (χ2v) is 6.70. The Labute approximate surface area is 151 Å². The van der Waals surface area contributed by atoms with Crippen molar-refractivity contribution in [2.24, 2.45) is 0 Å². The van der Waals surface area contributed by atoms with Gasteiger partial charge in [0.25, 0.3) is 5.91 Å². The normalized spacial score (nSPS) is 23.5. The van der Waals surface area contributed by atoms with Crippen LogP contribution < -0.4 is 0 Å². The van der Waals surface area contributed by atoms with Gasteiger partial charge in [0.1, 0.15) is 23.4 Å². The molecule has 3 amide bonds. The quantitative estimate of drug-likeness (QED) is 0.735. The highest BCUT2D eigenvalue weighted by Gasteiger charge is 2.47. The lowest BCUT2D eigenvalue weighted by Gasteiger charge is -2.48. The van der Waals surface area contributed by atoms with Gasteiger partial charge in [0.2, 0.25) is 11.8 Å².